The molecular weight excluding hydrogens is 251 g/mol. The number of rotatable bonds is 1. The second-order valence-corrected chi connectivity index (χ2v) is 4.98. The van der Waals surface area contributed by atoms with Gasteiger partial charge in [0.25, 0.3) is 0 Å². The lowest BCUT2D eigenvalue weighted by Crippen LogP contribution is -2.14. The van der Waals surface area contributed by atoms with E-state index in [0.29, 0.717) is 10.2 Å². The zero-order valence-electron chi connectivity index (χ0n) is 9.22. The number of aryl methyl sites for hydroxylation is 2. The second kappa shape index (κ2) is 3.83. The zero-order chi connectivity index (χ0) is 12.8. The van der Waals surface area contributed by atoms with Crippen LogP contribution in [0.3, 0.4) is 0 Å². The van der Waals surface area contributed by atoms with E-state index in [1.165, 1.54) is 11.3 Å². The Morgan fingerprint density at radius 3 is 2.47 bits per heavy atom. The molecule has 0 amide bonds. The van der Waals surface area contributed by atoms with Gasteiger partial charge in [-0.1, -0.05) is 0 Å². The van der Waals surface area contributed by atoms with Crippen LogP contribution in [-0.2, 0) is 6.42 Å². The van der Waals surface area contributed by atoms with Gasteiger partial charge in [0.15, 0.2) is 0 Å². The van der Waals surface area contributed by atoms with E-state index < -0.39 is 12.6 Å². The zero-order valence-corrected chi connectivity index (χ0v) is 10.0. The Kier molecular flexibility index (Phi) is 2.73. The van der Waals surface area contributed by atoms with Crippen LogP contribution in [0.25, 0.3) is 10.2 Å². The maximum atomic E-state index is 12.2. The highest BCUT2D eigenvalue weighted by molar-refractivity contribution is 7.18. The van der Waals surface area contributed by atoms with E-state index >= 15 is 0 Å². The number of halogens is 3. The van der Waals surface area contributed by atoms with Crippen molar-refractivity contribution < 1.29 is 13.2 Å². The Bertz CT molecular complexity index is 574. The molecule has 2 N–H and O–H groups in total. The van der Waals surface area contributed by atoms with Crippen LogP contribution in [0.1, 0.15) is 16.3 Å². The molecule has 2 aromatic heterocycles. The number of hydrogen-bond donors (Lipinski definition) is 1. The lowest BCUT2D eigenvalue weighted by atomic mass is 10.2. The first kappa shape index (κ1) is 12.1. The van der Waals surface area contributed by atoms with Crippen molar-refractivity contribution >= 4 is 27.4 Å². The van der Waals surface area contributed by atoms with Gasteiger partial charge in [0, 0.05) is 4.88 Å². The Balaban J connectivity index is 2.56. The topological polar surface area (TPSA) is 51.8 Å². The molecule has 2 aromatic rings. The molecule has 17 heavy (non-hydrogen) atoms. The quantitative estimate of drug-likeness (QED) is 0.858. The molecule has 0 aliphatic carbocycles. The maximum absolute atomic E-state index is 12.2. The van der Waals surface area contributed by atoms with Gasteiger partial charge in [0.1, 0.15) is 22.9 Å². The summed E-state index contributed by atoms with van der Waals surface area (Å²) in [4.78, 5) is 9.14. The van der Waals surface area contributed by atoms with Crippen LogP contribution >= 0.6 is 11.3 Å². The van der Waals surface area contributed by atoms with Gasteiger partial charge < -0.3 is 5.73 Å². The fourth-order valence-corrected chi connectivity index (χ4v) is 2.64. The van der Waals surface area contributed by atoms with Crippen molar-refractivity contribution in [2.24, 2.45) is 0 Å². The highest BCUT2D eigenvalue weighted by atomic mass is 32.1. The largest absolute Gasteiger partial charge is 0.396 e. The Morgan fingerprint density at radius 2 is 1.88 bits per heavy atom. The van der Waals surface area contributed by atoms with Crippen LogP contribution in [0.2, 0.25) is 0 Å². The van der Waals surface area contributed by atoms with Crippen LogP contribution in [0.5, 0.6) is 0 Å². The fourth-order valence-electron chi connectivity index (χ4n) is 1.58. The standard InChI is InChI=1S/C10H10F3N3S/c1-4-5(2)17-9-7(4)8(14)15-6(16-9)3-10(11,12)13/h3H2,1-2H3,(H2,14,15,16). The molecule has 0 spiro atoms. The van der Waals surface area contributed by atoms with Crippen LogP contribution in [-0.4, -0.2) is 16.1 Å². The summed E-state index contributed by atoms with van der Waals surface area (Å²) in [6.45, 7) is 3.74. The molecule has 0 saturated heterocycles. The lowest BCUT2D eigenvalue weighted by Gasteiger charge is -2.06. The smallest absolute Gasteiger partial charge is 0.383 e. The molecule has 0 radical (unpaired) electrons. The molecule has 92 valence electrons. The van der Waals surface area contributed by atoms with Crippen LogP contribution in [0.4, 0.5) is 19.0 Å². The van der Waals surface area contributed by atoms with E-state index in [1.54, 1.807) is 0 Å². The van der Waals surface area contributed by atoms with Gasteiger partial charge in [-0.15, -0.1) is 11.3 Å². The molecular formula is C10H10F3N3S. The summed E-state index contributed by atoms with van der Waals surface area (Å²) in [7, 11) is 0. The molecule has 0 bridgehead atoms. The third kappa shape index (κ3) is 2.33. The normalized spacial score (nSPS) is 12.3. The average molecular weight is 261 g/mol. The Labute approximate surface area is 99.5 Å². The summed E-state index contributed by atoms with van der Waals surface area (Å²) in [5.41, 5.74) is 6.61. The number of hydrogen-bond acceptors (Lipinski definition) is 4. The van der Waals surface area contributed by atoms with E-state index in [4.69, 9.17) is 5.73 Å². The van der Waals surface area contributed by atoms with E-state index in [2.05, 4.69) is 9.97 Å². The molecule has 0 atom stereocenters. The van der Waals surface area contributed by atoms with Crippen molar-refractivity contribution in [2.75, 3.05) is 5.73 Å². The van der Waals surface area contributed by atoms with Gasteiger partial charge in [-0.05, 0) is 19.4 Å². The summed E-state index contributed by atoms with van der Waals surface area (Å²) in [6.07, 6.45) is -5.47. The summed E-state index contributed by atoms with van der Waals surface area (Å²) >= 11 is 1.33. The van der Waals surface area contributed by atoms with Crippen molar-refractivity contribution in [1.82, 2.24) is 9.97 Å². The third-order valence-electron chi connectivity index (χ3n) is 2.46. The molecule has 0 unspecified atom stereocenters. The van der Waals surface area contributed by atoms with E-state index in [1.807, 2.05) is 13.8 Å². The summed E-state index contributed by atoms with van der Waals surface area (Å²) in [5.74, 6) is -0.153. The average Bonchev–Trinajstić information content (AvgIpc) is 2.39. The monoisotopic (exact) mass is 261 g/mol. The molecule has 3 nitrogen and oxygen atoms in total. The number of nitrogen functional groups attached to an aromatic ring is 1. The molecule has 7 heteroatoms. The molecule has 2 rings (SSSR count). The molecule has 2 heterocycles. The van der Waals surface area contributed by atoms with Crippen molar-refractivity contribution in [1.29, 1.82) is 0 Å². The lowest BCUT2D eigenvalue weighted by molar-refractivity contribution is -0.128. The number of anilines is 1. The first-order valence-electron chi connectivity index (χ1n) is 4.87. The molecule has 0 aromatic carbocycles. The van der Waals surface area contributed by atoms with E-state index in [0.717, 1.165) is 10.4 Å². The predicted octanol–water partition coefficient (Wildman–Crippen LogP) is 3.00. The fraction of sp³-hybridized carbons (Fsp3) is 0.400. The van der Waals surface area contributed by atoms with Gasteiger partial charge >= 0.3 is 6.18 Å². The van der Waals surface area contributed by atoms with Gasteiger partial charge in [0.05, 0.1) is 5.39 Å². The number of aromatic nitrogens is 2. The first-order chi connectivity index (χ1) is 7.78. The Morgan fingerprint density at radius 1 is 1.24 bits per heavy atom. The van der Waals surface area contributed by atoms with Gasteiger partial charge in [-0.2, -0.15) is 13.2 Å². The number of fused-ring (bicyclic) bond motifs is 1. The summed E-state index contributed by atoms with van der Waals surface area (Å²) in [6, 6.07) is 0. The number of nitrogens with zero attached hydrogens (tertiary/aromatic N) is 2. The third-order valence-corrected chi connectivity index (χ3v) is 3.56. The van der Waals surface area contributed by atoms with Gasteiger partial charge in [-0.25, -0.2) is 9.97 Å². The van der Waals surface area contributed by atoms with Crippen molar-refractivity contribution in [3.8, 4) is 0 Å². The SMILES string of the molecule is Cc1sc2nc(CC(F)(F)F)nc(N)c2c1C. The first-order valence-corrected chi connectivity index (χ1v) is 5.68. The van der Waals surface area contributed by atoms with E-state index in [9.17, 15) is 13.2 Å². The minimum Gasteiger partial charge on any atom is -0.383 e. The summed E-state index contributed by atoms with van der Waals surface area (Å²) in [5, 5.41) is 0.665. The molecule has 0 aliphatic heterocycles. The number of nitrogens with two attached hydrogens (primary N) is 1. The van der Waals surface area contributed by atoms with Crippen molar-refractivity contribution in [3.05, 3.63) is 16.3 Å². The van der Waals surface area contributed by atoms with Crippen molar-refractivity contribution in [3.63, 3.8) is 0 Å². The number of alkyl halides is 3. The molecule has 0 fully saturated rings. The molecule has 0 aliphatic rings. The Hall–Kier alpha value is -1.37. The van der Waals surface area contributed by atoms with E-state index in [-0.39, 0.29) is 11.6 Å². The van der Waals surface area contributed by atoms with Crippen LogP contribution < -0.4 is 5.73 Å². The van der Waals surface area contributed by atoms with Gasteiger partial charge in [0.2, 0.25) is 0 Å². The number of thiophene rings is 1. The van der Waals surface area contributed by atoms with Crippen LogP contribution in [0.15, 0.2) is 0 Å². The van der Waals surface area contributed by atoms with Gasteiger partial charge in [-0.3, -0.25) is 0 Å². The van der Waals surface area contributed by atoms with Crippen LogP contribution in [0, 0.1) is 13.8 Å². The van der Waals surface area contributed by atoms with Crippen molar-refractivity contribution in [2.45, 2.75) is 26.4 Å². The minimum absolute atomic E-state index is 0.121. The highest BCUT2D eigenvalue weighted by Gasteiger charge is 2.30. The minimum atomic E-state index is -4.32. The molecule has 0 saturated carbocycles. The maximum Gasteiger partial charge on any atom is 0.396 e. The highest BCUT2D eigenvalue weighted by Crippen LogP contribution is 2.32. The predicted molar refractivity (Wildman–Crippen MR) is 61.1 cm³/mol. The second-order valence-electron chi connectivity index (χ2n) is 3.78. The summed E-state index contributed by atoms with van der Waals surface area (Å²) < 4.78 is 36.7.